The van der Waals surface area contributed by atoms with Gasteiger partial charge in [0.15, 0.2) is 17.5 Å². The molecular weight excluding hydrogens is 481 g/mol. The third-order valence-corrected chi connectivity index (χ3v) is 5.06. The maximum absolute atomic E-state index is 9.96. The first-order valence-electron chi connectivity index (χ1n) is 9.67. The first-order valence-corrected chi connectivity index (χ1v) is 9.67. The number of aliphatic imine (C=N–C) groups is 1. The number of nitrogens with one attached hydrogen (secondary N) is 1. The van der Waals surface area contributed by atoms with Gasteiger partial charge in [-0.05, 0) is 48.7 Å². The molecule has 0 aliphatic carbocycles. The van der Waals surface area contributed by atoms with Crippen molar-refractivity contribution >= 4 is 29.9 Å². The maximum Gasteiger partial charge on any atom is 0.194 e. The van der Waals surface area contributed by atoms with Gasteiger partial charge in [-0.3, -0.25) is 0 Å². The number of likely N-dealkylation sites (tertiary alicyclic amines) is 1. The van der Waals surface area contributed by atoms with Crippen molar-refractivity contribution in [2.75, 3.05) is 33.9 Å². The molecule has 0 amide bonds. The van der Waals surface area contributed by atoms with Crippen LogP contribution in [-0.2, 0) is 6.54 Å². The van der Waals surface area contributed by atoms with E-state index in [2.05, 4.69) is 29.3 Å². The number of aromatic hydroxyl groups is 1. The molecule has 1 aliphatic heterocycles. The van der Waals surface area contributed by atoms with Crippen LogP contribution in [0.1, 0.15) is 30.4 Å². The number of benzene rings is 2. The Hall–Kier alpha value is -2.16. The highest BCUT2D eigenvalue weighted by Crippen LogP contribution is 2.29. The lowest BCUT2D eigenvalue weighted by Gasteiger charge is -2.22. The van der Waals surface area contributed by atoms with Crippen molar-refractivity contribution in [2.24, 2.45) is 4.99 Å². The van der Waals surface area contributed by atoms with Gasteiger partial charge in [0.1, 0.15) is 5.75 Å². The minimum absolute atomic E-state index is 0. The Labute approximate surface area is 190 Å². The summed E-state index contributed by atoms with van der Waals surface area (Å²) in [6.07, 6.45) is 1.10. The minimum atomic E-state index is 0. The summed E-state index contributed by atoms with van der Waals surface area (Å²) >= 11 is 0. The molecule has 1 fully saturated rings. The summed E-state index contributed by atoms with van der Waals surface area (Å²) in [6, 6.07) is 13.7. The van der Waals surface area contributed by atoms with Gasteiger partial charge in [-0.25, -0.2) is 4.99 Å². The van der Waals surface area contributed by atoms with Gasteiger partial charge in [0.2, 0.25) is 0 Å². The van der Waals surface area contributed by atoms with Crippen molar-refractivity contribution in [3.05, 3.63) is 53.6 Å². The fraction of sp³-hybridized carbons (Fsp3) is 0.409. The number of halogens is 1. The van der Waals surface area contributed by atoms with E-state index in [0.29, 0.717) is 18.2 Å². The molecule has 1 heterocycles. The number of phenolic OH excluding ortho intramolecular Hbond substituents is 1. The number of hydrogen-bond donors (Lipinski definition) is 2. The summed E-state index contributed by atoms with van der Waals surface area (Å²) < 4.78 is 10.4. The molecule has 2 aromatic rings. The van der Waals surface area contributed by atoms with E-state index < -0.39 is 0 Å². The van der Waals surface area contributed by atoms with Crippen LogP contribution in [0.4, 0.5) is 0 Å². The molecule has 0 spiro atoms. The standard InChI is InChI=1S/C22H29N3O3.HI/c1-4-23-22(24-14-16-5-10-21(28-3)20(26)13-16)25-12-11-18(15-25)17-6-8-19(27-2)9-7-17;/h5-10,13,18,26H,4,11-12,14-15H2,1-3H3,(H,23,24);1H. The molecule has 1 aliphatic rings. The summed E-state index contributed by atoms with van der Waals surface area (Å²) in [4.78, 5) is 7.08. The van der Waals surface area contributed by atoms with Gasteiger partial charge >= 0.3 is 0 Å². The number of guanidine groups is 1. The molecule has 158 valence electrons. The Balaban J connectivity index is 0.00000300. The fourth-order valence-electron chi connectivity index (χ4n) is 3.53. The molecule has 1 saturated heterocycles. The number of phenols is 1. The van der Waals surface area contributed by atoms with Crippen LogP contribution >= 0.6 is 24.0 Å². The fourth-order valence-corrected chi connectivity index (χ4v) is 3.53. The second-order valence-corrected chi connectivity index (χ2v) is 6.88. The van der Waals surface area contributed by atoms with Crippen LogP contribution in [0.25, 0.3) is 0 Å². The smallest absolute Gasteiger partial charge is 0.194 e. The van der Waals surface area contributed by atoms with Crippen LogP contribution in [0.2, 0.25) is 0 Å². The highest BCUT2D eigenvalue weighted by atomic mass is 127. The second kappa shape index (κ2) is 11.1. The summed E-state index contributed by atoms with van der Waals surface area (Å²) in [6.45, 7) is 5.30. The van der Waals surface area contributed by atoms with Crippen molar-refractivity contribution in [3.8, 4) is 17.2 Å². The lowest BCUT2D eigenvalue weighted by molar-refractivity contribution is 0.373. The quantitative estimate of drug-likeness (QED) is 0.349. The predicted molar refractivity (Wildman–Crippen MR) is 127 cm³/mol. The zero-order valence-electron chi connectivity index (χ0n) is 17.2. The number of nitrogens with zero attached hydrogens (tertiary/aromatic N) is 2. The second-order valence-electron chi connectivity index (χ2n) is 6.88. The topological polar surface area (TPSA) is 66.3 Å². The molecule has 1 atom stereocenters. The molecular formula is C22H30IN3O3. The molecule has 2 aromatic carbocycles. The third kappa shape index (κ3) is 5.91. The van der Waals surface area contributed by atoms with Gasteiger partial charge in [0.05, 0.1) is 20.8 Å². The Morgan fingerprint density at radius 1 is 1.17 bits per heavy atom. The van der Waals surface area contributed by atoms with Gasteiger partial charge in [0, 0.05) is 25.6 Å². The van der Waals surface area contributed by atoms with Crippen LogP contribution in [0.15, 0.2) is 47.5 Å². The lowest BCUT2D eigenvalue weighted by atomic mass is 9.98. The van der Waals surface area contributed by atoms with Gasteiger partial charge < -0.3 is 24.8 Å². The number of methoxy groups -OCH3 is 2. The maximum atomic E-state index is 9.96. The SMILES string of the molecule is CCNC(=NCc1ccc(OC)c(O)c1)N1CCC(c2ccc(OC)cc2)C1.I. The summed E-state index contributed by atoms with van der Waals surface area (Å²) in [7, 11) is 3.23. The third-order valence-electron chi connectivity index (χ3n) is 5.06. The average molecular weight is 511 g/mol. The van der Waals surface area contributed by atoms with Gasteiger partial charge in [-0.2, -0.15) is 0 Å². The normalized spacial score (nSPS) is 16.3. The van der Waals surface area contributed by atoms with Crippen LogP contribution < -0.4 is 14.8 Å². The molecule has 7 heteroatoms. The van der Waals surface area contributed by atoms with E-state index in [1.165, 1.54) is 5.56 Å². The molecule has 1 unspecified atom stereocenters. The first-order chi connectivity index (χ1) is 13.6. The highest BCUT2D eigenvalue weighted by molar-refractivity contribution is 14.0. The molecule has 3 rings (SSSR count). The van der Waals surface area contributed by atoms with Gasteiger partial charge in [-0.1, -0.05) is 18.2 Å². The van der Waals surface area contributed by atoms with Crippen LogP contribution in [0.5, 0.6) is 17.2 Å². The summed E-state index contributed by atoms with van der Waals surface area (Å²) in [5.74, 6) is 2.90. The molecule has 0 bridgehead atoms. The number of rotatable bonds is 6. The van der Waals surface area contributed by atoms with E-state index in [-0.39, 0.29) is 29.7 Å². The zero-order valence-corrected chi connectivity index (χ0v) is 19.6. The van der Waals surface area contributed by atoms with Crippen LogP contribution in [-0.4, -0.2) is 49.8 Å². The Morgan fingerprint density at radius 3 is 2.55 bits per heavy atom. The van der Waals surface area contributed by atoms with E-state index in [4.69, 9.17) is 14.5 Å². The Kier molecular flexibility index (Phi) is 8.88. The van der Waals surface area contributed by atoms with Gasteiger partial charge in [-0.15, -0.1) is 24.0 Å². The molecule has 0 radical (unpaired) electrons. The molecule has 29 heavy (non-hydrogen) atoms. The first kappa shape index (κ1) is 23.1. The predicted octanol–water partition coefficient (Wildman–Crippen LogP) is 3.98. The van der Waals surface area contributed by atoms with Crippen LogP contribution in [0, 0.1) is 0 Å². The Morgan fingerprint density at radius 2 is 1.93 bits per heavy atom. The highest BCUT2D eigenvalue weighted by Gasteiger charge is 2.26. The monoisotopic (exact) mass is 511 g/mol. The largest absolute Gasteiger partial charge is 0.504 e. The summed E-state index contributed by atoms with van der Waals surface area (Å²) in [5, 5.41) is 13.4. The Bertz CT molecular complexity index is 811. The van der Waals surface area contributed by atoms with Crippen molar-refractivity contribution < 1.29 is 14.6 Å². The van der Waals surface area contributed by atoms with E-state index in [1.54, 1.807) is 26.4 Å². The van der Waals surface area contributed by atoms with Crippen LogP contribution in [0.3, 0.4) is 0 Å². The lowest BCUT2D eigenvalue weighted by Crippen LogP contribution is -2.40. The van der Waals surface area contributed by atoms with Crippen molar-refractivity contribution in [2.45, 2.75) is 25.8 Å². The van der Waals surface area contributed by atoms with Gasteiger partial charge in [0.25, 0.3) is 0 Å². The average Bonchev–Trinajstić information content (AvgIpc) is 3.21. The minimum Gasteiger partial charge on any atom is -0.504 e. The zero-order chi connectivity index (χ0) is 19.9. The molecule has 6 nitrogen and oxygen atoms in total. The number of ether oxygens (including phenoxy) is 2. The van der Waals surface area contributed by atoms with E-state index in [1.807, 2.05) is 18.2 Å². The molecule has 2 N–H and O–H groups in total. The number of hydrogen-bond acceptors (Lipinski definition) is 4. The molecule has 0 aromatic heterocycles. The van der Waals surface area contributed by atoms with E-state index in [9.17, 15) is 5.11 Å². The molecule has 0 saturated carbocycles. The van der Waals surface area contributed by atoms with E-state index in [0.717, 1.165) is 43.3 Å². The summed E-state index contributed by atoms with van der Waals surface area (Å²) in [5.41, 5.74) is 2.28. The van der Waals surface area contributed by atoms with E-state index >= 15 is 0 Å². The van der Waals surface area contributed by atoms with Crippen molar-refractivity contribution in [1.29, 1.82) is 0 Å². The van der Waals surface area contributed by atoms with Crippen molar-refractivity contribution in [1.82, 2.24) is 10.2 Å². The van der Waals surface area contributed by atoms with Crippen molar-refractivity contribution in [3.63, 3.8) is 0 Å².